The number of aryl methyl sites for hydroxylation is 2. The van der Waals surface area contributed by atoms with Gasteiger partial charge in [-0.05, 0) is 73.7 Å². The van der Waals surface area contributed by atoms with E-state index in [9.17, 15) is 9.59 Å². The molecule has 0 unspecified atom stereocenters. The van der Waals surface area contributed by atoms with Gasteiger partial charge in [-0.25, -0.2) is 9.97 Å². The fourth-order valence-electron chi connectivity index (χ4n) is 5.84. The van der Waals surface area contributed by atoms with E-state index >= 15 is 0 Å². The lowest BCUT2D eigenvalue weighted by Gasteiger charge is -2.28. The van der Waals surface area contributed by atoms with E-state index in [-0.39, 0.29) is 17.7 Å². The maximum atomic E-state index is 14.5. The van der Waals surface area contributed by atoms with Crippen LogP contribution in [0, 0.1) is 5.92 Å². The standard InChI is InChI=1S/C38H45ClN6O2/c1-28(2)24-36(46)45-21-9-20-43(3)22-23-44(27-31-12-7-8-13-35(31)45)37(47)33-26-41-38(40-25-30-14-17-32(39)18-15-30)42-34(33)19-16-29-10-5-4-6-11-29/h4-8,10-15,17-18,26,28H,9,16,19-25,27H2,1-3H3,(H,40,41,42). The average Bonchev–Trinajstić information content (AvgIpc) is 3.10. The molecule has 0 fully saturated rings. The Labute approximate surface area is 283 Å². The van der Waals surface area contributed by atoms with E-state index in [0.717, 1.165) is 42.7 Å². The van der Waals surface area contributed by atoms with Gasteiger partial charge in [-0.1, -0.05) is 86.1 Å². The zero-order valence-electron chi connectivity index (χ0n) is 27.7. The minimum Gasteiger partial charge on any atom is -0.350 e. The van der Waals surface area contributed by atoms with Gasteiger partial charge < -0.3 is 20.0 Å². The number of hydrogen-bond donors (Lipinski definition) is 1. The van der Waals surface area contributed by atoms with Gasteiger partial charge in [-0.3, -0.25) is 9.59 Å². The van der Waals surface area contributed by atoms with E-state index in [1.54, 1.807) is 6.20 Å². The highest BCUT2D eigenvalue weighted by Crippen LogP contribution is 2.26. The lowest BCUT2D eigenvalue weighted by atomic mass is 10.0. The molecule has 5 rings (SSSR count). The van der Waals surface area contributed by atoms with Crippen LogP contribution in [-0.2, 0) is 30.7 Å². The van der Waals surface area contributed by atoms with Crippen LogP contribution in [0.3, 0.4) is 0 Å². The third-order valence-electron chi connectivity index (χ3n) is 8.44. The summed E-state index contributed by atoms with van der Waals surface area (Å²) in [7, 11) is 2.07. The maximum absolute atomic E-state index is 14.5. The molecule has 8 nitrogen and oxygen atoms in total. The monoisotopic (exact) mass is 652 g/mol. The van der Waals surface area contributed by atoms with E-state index in [0.29, 0.717) is 61.2 Å². The molecule has 0 radical (unpaired) electrons. The van der Waals surface area contributed by atoms with Crippen LogP contribution in [0.25, 0.3) is 0 Å². The Kier molecular flexibility index (Phi) is 12.0. The molecule has 0 bridgehead atoms. The zero-order valence-corrected chi connectivity index (χ0v) is 28.4. The van der Waals surface area contributed by atoms with Gasteiger partial charge >= 0.3 is 0 Å². The Hall–Kier alpha value is -4.27. The molecule has 47 heavy (non-hydrogen) atoms. The van der Waals surface area contributed by atoms with Crippen LogP contribution in [-0.4, -0.2) is 64.8 Å². The van der Waals surface area contributed by atoms with Crippen LogP contribution in [0.5, 0.6) is 0 Å². The van der Waals surface area contributed by atoms with E-state index in [4.69, 9.17) is 16.6 Å². The Morgan fingerprint density at radius 2 is 1.62 bits per heavy atom. The first-order valence-corrected chi connectivity index (χ1v) is 16.9. The van der Waals surface area contributed by atoms with Gasteiger partial charge in [0.05, 0.1) is 11.3 Å². The number of hydrogen-bond acceptors (Lipinski definition) is 6. The average molecular weight is 653 g/mol. The second-order valence-electron chi connectivity index (χ2n) is 12.7. The van der Waals surface area contributed by atoms with Gasteiger partial charge in [0.1, 0.15) is 0 Å². The topological polar surface area (TPSA) is 81.7 Å². The zero-order chi connectivity index (χ0) is 33.2. The fraction of sp³-hybridized carbons (Fsp3) is 0.368. The first-order chi connectivity index (χ1) is 22.8. The molecule has 0 spiro atoms. The van der Waals surface area contributed by atoms with Gasteiger partial charge in [0.25, 0.3) is 5.91 Å². The lowest BCUT2D eigenvalue weighted by molar-refractivity contribution is -0.119. The third kappa shape index (κ3) is 9.62. The Morgan fingerprint density at radius 1 is 0.872 bits per heavy atom. The van der Waals surface area contributed by atoms with Gasteiger partial charge in [0.2, 0.25) is 11.9 Å². The van der Waals surface area contributed by atoms with Crippen molar-refractivity contribution in [2.75, 3.05) is 43.4 Å². The highest BCUT2D eigenvalue weighted by atomic mass is 35.5. The van der Waals surface area contributed by atoms with Crippen molar-refractivity contribution < 1.29 is 9.59 Å². The summed E-state index contributed by atoms with van der Waals surface area (Å²) in [6.45, 7) is 7.78. The predicted octanol–water partition coefficient (Wildman–Crippen LogP) is 6.88. The number of likely N-dealkylation sites (N-methyl/N-ethyl adjacent to an activating group) is 1. The summed E-state index contributed by atoms with van der Waals surface area (Å²) in [5.74, 6) is 0.735. The summed E-state index contributed by atoms with van der Waals surface area (Å²) < 4.78 is 0. The number of carbonyl (C=O) groups excluding carboxylic acids is 2. The van der Waals surface area contributed by atoms with Crippen LogP contribution < -0.4 is 10.2 Å². The molecule has 9 heteroatoms. The van der Waals surface area contributed by atoms with E-state index < -0.39 is 0 Å². The van der Waals surface area contributed by atoms with E-state index in [2.05, 4.69) is 48.2 Å². The molecule has 2 amide bonds. The summed E-state index contributed by atoms with van der Waals surface area (Å²) in [5.41, 5.74) is 5.27. The largest absolute Gasteiger partial charge is 0.350 e. The number of fused-ring (bicyclic) bond motifs is 1. The van der Waals surface area contributed by atoms with Crippen LogP contribution in [0.4, 0.5) is 11.6 Å². The maximum Gasteiger partial charge on any atom is 0.257 e. The number of amides is 2. The Balaban J connectivity index is 1.45. The molecule has 0 saturated heterocycles. The van der Waals surface area contributed by atoms with E-state index in [1.165, 1.54) is 5.56 Å². The molecule has 0 atom stereocenters. The van der Waals surface area contributed by atoms with Gasteiger partial charge in [0, 0.05) is 56.1 Å². The summed E-state index contributed by atoms with van der Waals surface area (Å²) >= 11 is 6.06. The molecule has 1 N–H and O–H groups in total. The van der Waals surface area contributed by atoms with Crippen LogP contribution in [0.2, 0.25) is 5.02 Å². The van der Waals surface area contributed by atoms with E-state index in [1.807, 2.05) is 76.5 Å². The molecule has 0 aliphatic carbocycles. The number of rotatable bonds is 9. The Morgan fingerprint density at radius 3 is 2.38 bits per heavy atom. The molecule has 0 saturated carbocycles. The quantitative estimate of drug-likeness (QED) is 0.212. The molecule has 1 aliphatic rings. The molecule has 3 aromatic carbocycles. The number of benzene rings is 3. The molecule has 246 valence electrons. The second-order valence-corrected chi connectivity index (χ2v) is 13.1. The number of carbonyl (C=O) groups is 2. The third-order valence-corrected chi connectivity index (χ3v) is 8.70. The van der Waals surface area contributed by atoms with Gasteiger partial charge in [0.15, 0.2) is 0 Å². The van der Waals surface area contributed by atoms with Crippen molar-refractivity contribution >= 4 is 35.1 Å². The van der Waals surface area contributed by atoms with Crippen molar-refractivity contribution in [1.82, 2.24) is 19.8 Å². The number of halogens is 1. The van der Waals surface area contributed by atoms with Crippen molar-refractivity contribution in [3.05, 3.63) is 118 Å². The highest BCUT2D eigenvalue weighted by Gasteiger charge is 2.26. The Bertz CT molecular complexity index is 1630. The summed E-state index contributed by atoms with van der Waals surface area (Å²) in [6, 6.07) is 25.9. The van der Waals surface area contributed by atoms with Crippen LogP contribution in [0.15, 0.2) is 85.1 Å². The van der Waals surface area contributed by atoms with Crippen LogP contribution in [0.1, 0.15) is 59.4 Å². The minimum atomic E-state index is -0.111. The number of para-hydroxylation sites is 1. The van der Waals surface area contributed by atoms with Gasteiger partial charge in [-0.2, -0.15) is 0 Å². The molecule has 4 aromatic rings. The molecule has 1 aromatic heterocycles. The first-order valence-electron chi connectivity index (χ1n) is 16.5. The number of aromatic nitrogens is 2. The SMILES string of the molecule is CC(C)CC(=O)N1CCCN(C)CCN(C(=O)c2cnc(NCc3ccc(Cl)cc3)nc2CCc2ccccc2)Cc2ccccc21. The normalized spacial score (nSPS) is 14.4. The predicted molar refractivity (Wildman–Crippen MR) is 190 cm³/mol. The molecule has 1 aliphatic heterocycles. The van der Waals surface area contributed by atoms with Crippen molar-refractivity contribution in [2.24, 2.45) is 5.92 Å². The summed E-state index contributed by atoms with van der Waals surface area (Å²) in [5, 5.41) is 4.00. The second kappa shape index (κ2) is 16.5. The summed E-state index contributed by atoms with van der Waals surface area (Å²) in [4.78, 5) is 43.5. The minimum absolute atomic E-state index is 0.111. The van der Waals surface area contributed by atoms with Crippen molar-refractivity contribution in [2.45, 2.75) is 52.6 Å². The van der Waals surface area contributed by atoms with Crippen molar-refractivity contribution in [1.29, 1.82) is 0 Å². The summed E-state index contributed by atoms with van der Waals surface area (Å²) in [6.07, 6.45) is 4.33. The highest BCUT2D eigenvalue weighted by molar-refractivity contribution is 6.30. The number of nitrogens with zero attached hydrogens (tertiary/aromatic N) is 5. The molecular weight excluding hydrogens is 608 g/mol. The van der Waals surface area contributed by atoms with Crippen molar-refractivity contribution in [3.8, 4) is 0 Å². The van der Waals surface area contributed by atoms with Crippen LogP contribution >= 0.6 is 11.6 Å². The number of nitrogens with one attached hydrogen (secondary N) is 1. The molecule has 2 heterocycles. The first kappa shape index (κ1) is 34.1. The van der Waals surface area contributed by atoms with Gasteiger partial charge in [-0.15, -0.1) is 0 Å². The van der Waals surface area contributed by atoms with Crippen molar-refractivity contribution in [3.63, 3.8) is 0 Å². The number of anilines is 2. The smallest absolute Gasteiger partial charge is 0.257 e. The fourth-order valence-corrected chi connectivity index (χ4v) is 5.97. The molecular formula is C38H45ClN6O2. The lowest BCUT2D eigenvalue weighted by Crippen LogP contribution is -2.38.